The van der Waals surface area contributed by atoms with Crippen LogP contribution in [-0.2, 0) is 4.74 Å². The number of carbonyl (C=O) groups excluding carboxylic acids is 2. The Morgan fingerprint density at radius 2 is 1.81 bits per heavy atom. The average Bonchev–Trinajstić information content (AvgIpc) is 3.29. The molecule has 1 saturated heterocycles. The third kappa shape index (κ3) is 5.73. The van der Waals surface area contributed by atoms with Gasteiger partial charge in [0.25, 0.3) is 0 Å². The largest absolute Gasteiger partial charge is 0.465 e. The first-order valence-electron chi connectivity index (χ1n) is 10.3. The molecule has 2 N–H and O–H groups in total. The van der Waals surface area contributed by atoms with Gasteiger partial charge in [-0.25, -0.2) is 14.0 Å². The second-order valence-corrected chi connectivity index (χ2v) is 7.78. The Labute approximate surface area is 182 Å². The van der Waals surface area contributed by atoms with Crippen molar-refractivity contribution in [3.8, 4) is 0 Å². The number of likely N-dealkylation sites (N-methyl/N-ethyl adjacent to an activating group) is 1. The van der Waals surface area contributed by atoms with E-state index < -0.39 is 5.97 Å². The SMILES string of the molecule is COC(=O)c1ccc(N2CCCC2)c(NC(=O)NC[C@H](c2ccc(F)cc2)N(C)C)c1. The van der Waals surface area contributed by atoms with E-state index in [9.17, 15) is 14.0 Å². The summed E-state index contributed by atoms with van der Waals surface area (Å²) in [6, 6.07) is 10.9. The van der Waals surface area contributed by atoms with Gasteiger partial charge in [0.05, 0.1) is 30.1 Å². The van der Waals surface area contributed by atoms with Crippen LogP contribution in [-0.4, -0.2) is 57.7 Å². The summed E-state index contributed by atoms with van der Waals surface area (Å²) in [5.41, 5.74) is 2.71. The minimum Gasteiger partial charge on any atom is -0.465 e. The lowest BCUT2D eigenvalue weighted by Crippen LogP contribution is -2.37. The van der Waals surface area contributed by atoms with Gasteiger partial charge in [-0.1, -0.05) is 12.1 Å². The molecule has 1 aliphatic heterocycles. The number of carbonyl (C=O) groups is 2. The number of amides is 2. The molecule has 0 saturated carbocycles. The minimum atomic E-state index is -0.458. The van der Waals surface area contributed by atoms with E-state index >= 15 is 0 Å². The molecule has 166 valence electrons. The lowest BCUT2D eigenvalue weighted by molar-refractivity contribution is 0.0600. The summed E-state index contributed by atoms with van der Waals surface area (Å²) in [5, 5.41) is 5.77. The van der Waals surface area contributed by atoms with Crippen molar-refractivity contribution in [3.05, 3.63) is 59.4 Å². The van der Waals surface area contributed by atoms with Crippen molar-refractivity contribution in [2.24, 2.45) is 0 Å². The molecule has 1 atom stereocenters. The van der Waals surface area contributed by atoms with E-state index in [-0.39, 0.29) is 17.9 Å². The van der Waals surface area contributed by atoms with Gasteiger partial charge in [-0.3, -0.25) is 0 Å². The molecule has 0 aromatic heterocycles. The van der Waals surface area contributed by atoms with E-state index in [1.165, 1.54) is 19.2 Å². The first kappa shape index (κ1) is 22.6. The number of benzene rings is 2. The number of nitrogens with zero attached hydrogens (tertiary/aromatic N) is 2. The molecule has 2 aromatic carbocycles. The molecular formula is C23H29FN4O3. The Bertz CT molecular complexity index is 912. The van der Waals surface area contributed by atoms with Crippen LogP contribution in [0.2, 0.25) is 0 Å². The zero-order valence-electron chi connectivity index (χ0n) is 18.2. The Kier molecular flexibility index (Phi) is 7.46. The maximum atomic E-state index is 13.3. The summed E-state index contributed by atoms with van der Waals surface area (Å²) in [5.74, 6) is -0.757. The number of rotatable bonds is 7. The summed E-state index contributed by atoms with van der Waals surface area (Å²) in [4.78, 5) is 28.8. The molecule has 0 bridgehead atoms. The summed E-state index contributed by atoms with van der Waals surface area (Å²) < 4.78 is 18.1. The van der Waals surface area contributed by atoms with Crippen LogP contribution < -0.4 is 15.5 Å². The number of esters is 1. The van der Waals surface area contributed by atoms with Crippen LogP contribution in [0, 0.1) is 5.82 Å². The number of hydrogen-bond donors (Lipinski definition) is 2. The van der Waals surface area contributed by atoms with Crippen LogP contribution in [0.15, 0.2) is 42.5 Å². The van der Waals surface area contributed by atoms with Crippen molar-refractivity contribution < 1.29 is 18.7 Å². The highest BCUT2D eigenvalue weighted by molar-refractivity contribution is 5.97. The second-order valence-electron chi connectivity index (χ2n) is 7.78. The van der Waals surface area contributed by atoms with E-state index in [1.807, 2.05) is 25.1 Å². The van der Waals surface area contributed by atoms with E-state index in [4.69, 9.17) is 4.74 Å². The molecule has 0 spiro atoms. The molecule has 2 aromatic rings. The van der Waals surface area contributed by atoms with E-state index in [0.29, 0.717) is 17.8 Å². The van der Waals surface area contributed by atoms with Crippen molar-refractivity contribution in [3.63, 3.8) is 0 Å². The number of urea groups is 1. The quantitative estimate of drug-likeness (QED) is 0.659. The van der Waals surface area contributed by atoms with Crippen molar-refractivity contribution in [1.29, 1.82) is 0 Å². The Balaban J connectivity index is 1.73. The molecule has 8 heteroatoms. The molecule has 0 aliphatic carbocycles. The first-order valence-corrected chi connectivity index (χ1v) is 10.3. The van der Waals surface area contributed by atoms with Gasteiger partial charge in [-0.15, -0.1) is 0 Å². The Morgan fingerprint density at radius 3 is 2.42 bits per heavy atom. The predicted octanol–water partition coefficient (Wildman–Crippen LogP) is 3.64. The molecule has 7 nitrogen and oxygen atoms in total. The van der Waals surface area contributed by atoms with Crippen LogP contribution >= 0.6 is 0 Å². The molecule has 0 radical (unpaired) electrons. The molecule has 3 rings (SSSR count). The summed E-state index contributed by atoms with van der Waals surface area (Å²) in [7, 11) is 5.13. The van der Waals surface area contributed by atoms with Gasteiger partial charge in [0.15, 0.2) is 0 Å². The van der Waals surface area contributed by atoms with Crippen LogP contribution in [0.1, 0.15) is 34.8 Å². The smallest absolute Gasteiger partial charge is 0.337 e. The highest BCUT2D eigenvalue weighted by Gasteiger charge is 2.20. The van der Waals surface area contributed by atoms with Crippen LogP contribution in [0.4, 0.5) is 20.6 Å². The Morgan fingerprint density at radius 1 is 1.13 bits per heavy atom. The summed E-state index contributed by atoms with van der Waals surface area (Å²) in [6.45, 7) is 2.14. The number of ether oxygens (including phenoxy) is 1. The van der Waals surface area contributed by atoms with Crippen molar-refractivity contribution in [2.45, 2.75) is 18.9 Å². The number of hydrogen-bond acceptors (Lipinski definition) is 5. The third-order valence-electron chi connectivity index (χ3n) is 5.45. The van der Waals surface area contributed by atoms with Gasteiger partial charge in [0.1, 0.15) is 5.82 Å². The van der Waals surface area contributed by atoms with Gasteiger partial charge in [0.2, 0.25) is 0 Å². The number of methoxy groups -OCH3 is 1. The molecular weight excluding hydrogens is 399 g/mol. The topological polar surface area (TPSA) is 73.9 Å². The molecule has 1 fully saturated rings. The normalized spacial score (nSPS) is 14.4. The van der Waals surface area contributed by atoms with Crippen LogP contribution in [0.3, 0.4) is 0 Å². The molecule has 1 heterocycles. The lowest BCUT2D eigenvalue weighted by atomic mass is 10.1. The number of nitrogens with one attached hydrogen (secondary N) is 2. The minimum absolute atomic E-state index is 0.120. The highest BCUT2D eigenvalue weighted by atomic mass is 19.1. The fourth-order valence-electron chi connectivity index (χ4n) is 3.75. The predicted molar refractivity (Wildman–Crippen MR) is 119 cm³/mol. The van der Waals surface area contributed by atoms with Gasteiger partial charge < -0.3 is 25.2 Å². The zero-order valence-corrected chi connectivity index (χ0v) is 18.2. The van der Waals surface area contributed by atoms with E-state index in [0.717, 1.165) is 37.2 Å². The molecule has 31 heavy (non-hydrogen) atoms. The van der Waals surface area contributed by atoms with Gasteiger partial charge in [-0.2, -0.15) is 0 Å². The van der Waals surface area contributed by atoms with Gasteiger partial charge in [0, 0.05) is 19.6 Å². The average molecular weight is 429 g/mol. The summed E-state index contributed by atoms with van der Waals surface area (Å²) >= 11 is 0. The second kappa shape index (κ2) is 10.3. The standard InChI is InChI=1S/C23H29FN4O3/c1-27(2)21(16-6-9-18(24)10-7-16)15-25-23(30)26-19-14-17(22(29)31-3)8-11-20(19)28-12-4-5-13-28/h6-11,14,21H,4-5,12-13,15H2,1-3H3,(H2,25,26,30)/t21-/m1/s1. The van der Waals surface area contributed by atoms with Crippen molar-refractivity contribution in [1.82, 2.24) is 10.2 Å². The summed E-state index contributed by atoms with van der Waals surface area (Å²) in [6.07, 6.45) is 2.18. The molecule has 0 unspecified atom stereocenters. The fraction of sp³-hybridized carbons (Fsp3) is 0.391. The fourth-order valence-corrected chi connectivity index (χ4v) is 3.75. The number of halogens is 1. The number of anilines is 2. The van der Waals surface area contributed by atoms with E-state index in [1.54, 1.807) is 24.3 Å². The maximum Gasteiger partial charge on any atom is 0.337 e. The Hall–Kier alpha value is -3.13. The maximum absolute atomic E-state index is 13.3. The van der Waals surface area contributed by atoms with Crippen LogP contribution in [0.5, 0.6) is 0 Å². The molecule has 2 amide bonds. The van der Waals surface area contributed by atoms with Crippen LogP contribution in [0.25, 0.3) is 0 Å². The third-order valence-corrected chi connectivity index (χ3v) is 5.45. The monoisotopic (exact) mass is 428 g/mol. The van der Waals surface area contributed by atoms with E-state index in [2.05, 4.69) is 15.5 Å². The zero-order chi connectivity index (χ0) is 22.4. The lowest BCUT2D eigenvalue weighted by Gasteiger charge is -2.26. The van der Waals surface area contributed by atoms with Gasteiger partial charge in [-0.05, 0) is 62.8 Å². The van der Waals surface area contributed by atoms with Crippen molar-refractivity contribution >= 4 is 23.4 Å². The molecule has 1 aliphatic rings. The first-order chi connectivity index (χ1) is 14.9. The highest BCUT2D eigenvalue weighted by Crippen LogP contribution is 2.30. The van der Waals surface area contributed by atoms with Gasteiger partial charge >= 0.3 is 12.0 Å². The van der Waals surface area contributed by atoms with Crippen molar-refractivity contribution in [2.75, 3.05) is 51.1 Å².